The molecule has 5 fully saturated rings. The molecule has 11 atom stereocenters. The Bertz CT molecular complexity index is 1230. The van der Waals surface area contributed by atoms with Gasteiger partial charge in [0.1, 0.15) is 17.3 Å². The van der Waals surface area contributed by atoms with E-state index in [4.69, 9.17) is 19.9 Å². The van der Waals surface area contributed by atoms with Crippen LogP contribution in [0.4, 0.5) is 0 Å². The molecule has 2 aliphatic carbocycles. The number of nitrogens with one attached hydrogen (secondary N) is 1. The second-order valence-corrected chi connectivity index (χ2v) is 15.9. The quantitative estimate of drug-likeness (QED) is 0.216. The van der Waals surface area contributed by atoms with Gasteiger partial charge in [-0.1, -0.05) is 32.1 Å². The van der Waals surface area contributed by atoms with E-state index in [2.05, 4.69) is 43.1 Å². The summed E-state index contributed by atoms with van der Waals surface area (Å²) in [6.07, 6.45) is 14.6. The number of allylic oxidation sites excluding steroid dienone is 1. The standard InChI is InChI=1S/C37H57N3O6/c1-6-23(4)35(43)46-36(5)14-7-8-29(37(36)20-25-16-24-10-12-34(42)44-30(24)19-31(25)45-37)28-18-32(38)39-21-26(28)17-33(41)40-15-13-27(40)11-9-22(2)3/h6-8,22,24-32,39H,9-21,38H2,1-5H3/t24?,25?,26?,27-,28?,29-,30?,31?,32?,36-,37-/m0/s1. The Morgan fingerprint density at radius 2 is 2.00 bits per heavy atom. The molecule has 3 N–H and O–H groups in total. The lowest BCUT2D eigenvalue weighted by molar-refractivity contribution is -0.227. The van der Waals surface area contributed by atoms with Crippen molar-refractivity contribution in [2.75, 3.05) is 13.1 Å². The highest BCUT2D eigenvalue weighted by Crippen LogP contribution is 2.59. The maximum absolute atomic E-state index is 13.8. The minimum absolute atomic E-state index is 0.0771. The van der Waals surface area contributed by atoms with E-state index in [0.29, 0.717) is 62.1 Å². The number of amides is 1. The van der Waals surface area contributed by atoms with Crippen LogP contribution in [0.3, 0.4) is 0 Å². The summed E-state index contributed by atoms with van der Waals surface area (Å²) in [5.41, 5.74) is 5.49. The maximum atomic E-state index is 13.8. The smallest absolute Gasteiger partial charge is 0.334 e. The third-order valence-corrected chi connectivity index (χ3v) is 12.6. The molecule has 6 aliphatic rings. The fourth-order valence-electron chi connectivity index (χ4n) is 9.67. The highest BCUT2D eigenvalue weighted by atomic mass is 16.6. The average molecular weight is 640 g/mol. The van der Waals surface area contributed by atoms with E-state index in [1.165, 1.54) is 0 Å². The summed E-state index contributed by atoms with van der Waals surface area (Å²) >= 11 is 0. The molecule has 9 nitrogen and oxygen atoms in total. The molecule has 4 heterocycles. The lowest BCUT2D eigenvalue weighted by atomic mass is 9.58. The lowest BCUT2D eigenvalue weighted by Gasteiger charge is -2.55. The molecule has 46 heavy (non-hydrogen) atoms. The molecule has 0 aromatic rings. The van der Waals surface area contributed by atoms with Gasteiger partial charge in [-0.3, -0.25) is 9.59 Å². The number of carbonyl (C=O) groups excluding carboxylic acids is 3. The summed E-state index contributed by atoms with van der Waals surface area (Å²) in [6.45, 7) is 11.7. The molecule has 4 aliphatic heterocycles. The van der Waals surface area contributed by atoms with Gasteiger partial charge >= 0.3 is 11.9 Å². The van der Waals surface area contributed by atoms with Crippen LogP contribution in [-0.4, -0.2) is 71.5 Å². The number of likely N-dealkylation sites (tertiary alicyclic amines) is 1. The van der Waals surface area contributed by atoms with Crippen LogP contribution in [0.15, 0.2) is 23.8 Å². The van der Waals surface area contributed by atoms with Crippen molar-refractivity contribution in [3.05, 3.63) is 23.8 Å². The fourth-order valence-corrected chi connectivity index (χ4v) is 9.67. The first kappa shape index (κ1) is 33.7. The van der Waals surface area contributed by atoms with Crippen LogP contribution in [0.1, 0.15) is 105 Å². The molecular formula is C37H57N3O6. The highest BCUT2D eigenvalue weighted by Gasteiger charge is 2.66. The monoisotopic (exact) mass is 639 g/mol. The second kappa shape index (κ2) is 13.3. The molecule has 1 spiro atoms. The number of hydrogen-bond donors (Lipinski definition) is 2. The minimum Gasteiger partial charge on any atom is -0.462 e. The zero-order chi connectivity index (χ0) is 32.8. The number of rotatable bonds is 8. The highest BCUT2D eigenvalue weighted by molar-refractivity contribution is 5.88. The second-order valence-electron chi connectivity index (χ2n) is 15.9. The van der Waals surface area contributed by atoms with Gasteiger partial charge in [-0.15, -0.1) is 0 Å². The van der Waals surface area contributed by atoms with Gasteiger partial charge < -0.3 is 30.2 Å². The van der Waals surface area contributed by atoms with Crippen molar-refractivity contribution in [1.29, 1.82) is 0 Å². The van der Waals surface area contributed by atoms with Gasteiger partial charge in [0, 0.05) is 56.3 Å². The molecule has 0 bridgehead atoms. The van der Waals surface area contributed by atoms with Crippen LogP contribution in [0.2, 0.25) is 0 Å². The van der Waals surface area contributed by atoms with Crippen LogP contribution >= 0.6 is 0 Å². The molecule has 4 saturated heterocycles. The van der Waals surface area contributed by atoms with Gasteiger partial charge in [0.2, 0.25) is 5.91 Å². The Kier molecular flexibility index (Phi) is 9.77. The predicted octanol–water partition coefficient (Wildman–Crippen LogP) is 5.03. The van der Waals surface area contributed by atoms with Crippen LogP contribution in [0.25, 0.3) is 0 Å². The van der Waals surface area contributed by atoms with Gasteiger partial charge in [0.25, 0.3) is 0 Å². The Hall–Kier alpha value is -2.23. The van der Waals surface area contributed by atoms with E-state index in [1.807, 2.05) is 6.92 Å². The lowest BCUT2D eigenvalue weighted by Crippen LogP contribution is -2.64. The van der Waals surface area contributed by atoms with Crippen molar-refractivity contribution in [3.8, 4) is 0 Å². The zero-order valence-corrected chi connectivity index (χ0v) is 28.7. The molecule has 1 saturated carbocycles. The van der Waals surface area contributed by atoms with Crippen molar-refractivity contribution in [3.63, 3.8) is 0 Å². The summed E-state index contributed by atoms with van der Waals surface area (Å²) < 4.78 is 19.7. The van der Waals surface area contributed by atoms with Crippen LogP contribution in [0.5, 0.6) is 0 Å². The number of nitrogens with two attached hydrogens (primary N) is 1. The summed E-state index contributed by atoms with van der Waals surface area (Å²) in [6, 6.07) is 0.351. The van der Waals surface area contributed by atoms with E-state index in [1.54, 1.807) is 13.0 Å². The van der Waals surface area contributed by atoms with Crippen LogP contribution in [0, 0.1) is 35.5 Å². The van der Waals surface area contributed by atoms with Crippen molar-refractivity contribution in [2.45, 2.75) is 141 Å². The molecule has 9 heteroatoms. The van der Waals surface area contributed by atoms with Crippen molar-refractivity contribution >= 4 is 17.8 Å². The summed E-state index contributed by atoms with van der Waals surface area (Å²) in [5.74, 6) is 1.13. The first-order valence-corrected chi connectivity index (χ1v) is 18.1. The maximum Gasteiger partial charge on any atom is 0.334 e. The molecule has 1 amide bonds. The Morgan fingerprint density at radius 1 is 1.20 bits per heavy atom. The largest absolute Gasteiger partial charge is 0.462 e. The van der Waals surface area contributed by atoms with Gasteiger partial charge in [0.15, 0.2) is 0 Å². The number of hydrogen-bond acceptors (Lipinski definition) is 8. The number of nitrogens with zero attached hydrogens (tertiary/aromatic N) is 1. The molecule has 7 unspecified atom stereocenters. The predicted molar refractivity (Wildman–Crippen MR) is 175 cm³/mol. The molecular weight excluding hydrogens is 582 g/mol. The van der Waals surface area contributed by atoms with E-state index in [0.717, 1.165) is 45.1 Å². The van der Waals surface area contributed by atoms with E-state index in [-0.39, 0.29) is 59.9 Å². The molecule has 0 radical (unpaired) electrons. The third-order valence-electron chi connectivity index (χ3n) is 12.6. The Balaban J connectivity index is 1.30. The van der Waals surface area contributed by atoms with Gasteiger partial charge in [0.05, 0.1) is 12.3 Å². The van der Waals surface area contributed by atoms with Gasteiger partial charge in [-0.2, -0.15) is 0 Å². The SMILES string of the molecule is CC=C(C)C(=O)O[C@@]1(C)CC=C[C@@H](C2CC(N)NCC2CC(=O)N2CC[C@@H]2CCC(C)C)[C@@]12CC1CC3CCC(=O)OC3CC1O2. The van der Waals surface area contributed by atoms with Gasteiger partial charge in [-0.05, 0) is 95.3 Å². The summed E-state index contributed by atoms with van der Waals surface area (Å²) in [4.78, 5) is 41.6. The average Bonchev–Trinajstić information content (AvgIpc) is 3.36. The molecule has 0 aromatic carbocycles. The van der Waals surface area contributed by atoms with E-state index in [9.17, 15) is 14.4 Å². The fraction of sp³-hybridized carbons (Fsp3) is 0.811. The third kappa shape index (κ3) is 6.33. The Labute approximate surface area is 275 Å². The molecule has 256 valence electrons. The first-order valence-electron chi connectivity index (χ1n) is 18.1. The summed E-state index contributed by atoms with van der Waals surface area (Å²) in [7, 11) is 0. The van der Waals surface area contributed by atoms with Crippen molar-refractivity contribution in [1.82, 2.24) is 10.2 Å². The van der Waals surface area contributed by atoms with Crippen LogP contribution in [-0.2, 0) is 28.6 Å². The molecule has 0 aromatic heterocycles. The number of ether oxygens (including phenoxy) is 3. The van der Waals surface area contributed by atoms with Crippen molar-refractivity contribution < 1.29 is 28.6 Å². The number of fused-ring (bicyclic) bond motifs is 2. The summed E-state index contributed by atoms with van der Waals surface area (Å²) in [5, 5.41) is 3.48. The topological polar surface area (TPSA) is 120 Å². The zero-order valence-electron chi connectivity index (χ0n) is 28.7. The minimum atomic E-state index is -0.907. The van der Waals surface area contributed by atoms with Gasteiger partial charge in [-0.25, -0.2) is 4.79 Å². The number of esters is 2. The number of carbonyl (C=O) groups is 3. The molecule has 6 rings (SSSR count). The van der Waals surface area contributed by atoms with E-state index >= 15 is 0 Å². The van der Waals surface area contributed by atoms with Crippen LogP contribution < -0.4 is 11.1 Å². The van der Waals surface area contributed by atoms with E-state index < -0.39 is 11.2 Å². The number of piperidine rings is 1. The normalized spacial score (nSPS) is 42.3. The first-order chi connectivity index (χ1) is 21.9. The Morgan fingerprint density at radius 3 is 2.72 bits per heavy atom. The van der Waals surface area contributed by atoms with Crippen molar-refractivity contribution in [2.24, 2.45) is 41.2 Å².